The van der Waals surface area contributed by atoms with E-state index in [0.29, 0.717) is 12.3 Å². The van der Waals surface area contributed by atoms with Crippen LogP contribution in [0.4, 0.5) is 11.4 Å². The maximum absolute atomic E-state index is 5.89. The van der Waals surface area contributed by atoms with E-state index in [0.717, 1.165) is 23.2 Å². The Hall–Kier alpha value is -0.810. The highest BCUT2D eigenvalue weighted by molar-refractivity contribution is 9.10. The molecule has 5 heteroatoms. The SMILES string of the molecule is CCN(CCOC)c1c(N)cncc1Br. The fourth-order valence-corrected chi connectivity index (χ4v) is 2.00. The number of rotatable bonds is 5. The van der Waals surface area contributed by atoms with Gasteiger partial charge in [0.15, 0.2) is 0 Å². The Bertz CT molecular complexity index is 299. The van der Waals surface area contributed by atoms with Crippen molar-refractivity contribution in [2.75, 3.05) is 37.4 Å². The molecule has 0 saturated carbocycles. The van der Waals surface area contributed by atoms with Crippen LogP contribution in [-0.2, 0) is 4.74 Å². The van der Waals surface area contributed by atoms with Gasteiger partial charge in [0.05, 0.1) is 28.7 Å². The summed E-state index contributed by atoms with van der Waals surface area (Å²) in [5.74, 6) is 0. The number of nitrogen functional groups attached to an aromatic ring is 1. The summed E-state index contributed by atoms with van der Waals surface area (Å²) in [5.41, 5.74) is 7.57. The Morgan fingerprint density at radius 2 is 2.27 bits per heavy atom. The second-order valence-corrected chi connectivity index (χ2v) is 3.99. The molecule has 0 bridgehead atoms. The van der Waals surface area contributed by atoms with Crippen molar-refractivity contribution in [3.63, 3.8) is 0 Å². The second kappa shape index (κ2) is 5.92. The van der Waals surface area contributed by atoms with Gasteiger partial charge in [-0.05, 0) is 22.9 Å². The van der Waals surface area contributed by atoms with Crippen LogP contribution in [0.25, 0.3) is 0 Å². The molecule has 0 saturated heterocycles. The van der Waals surface area contributed by atoms with Crippen molar-refractivity contribution < 1.29 is 4.74 Å². The third-order valence-electron chi connectivity index (χ3n) is 2.16. The minimum Gasteiger partial charge on any atom is -0.396 e. The molecule has 4 nitrogen and oxygen atoms in total. The van der Waals surface area contributed by atoms with Crippen LogP contribution in [0, 0.1) is 0 Å². The van der Waals surface area contributed by atoms with Crippen molar-refractivity contribution in [3.05, 3.63) is 16.9 Å². The number of nitrogens with zero attached hydrogens (tertiary/aromatic N) is 2. The van der Waals surface area contributed by atoms with E-state index in [-0.39, 0.29) is 0 Å². The van der Waals surface area contributed by atoms with Crippen LogP contribution in [0.1, 0.15) is 6.92 Å². The smallest absolute Gasteiger partial charge is 0.0776 e. The first-order valence-electron chi connectivity index (χ1n) is 4.83. The summed E-state index contributed by atoms with van der Waals surface area (Å²) in [5, 5.41) is 0. The molecule has 0 aliphatic carbocycles. The number of ether oxygens (including phenoxy) is 1. The average Bonchev–Trinajstić information content (AvgIpc) is 2.22. The van der Waals surface area contributed by atoms with Crippen LogP contribution in [0.2, 0.25) is 0 Å². The number of hydrogen-bond donors (Lipinski definition) is 1. The van der Waals surface area contributed by atoms with Gasteiger partial charge in [-0.15, -0.1) is 0 Å². The monoisotopic (exact) mass is 273 g/mol. The summed E-state index contributed by atoms with van der Waals surface area (Å²) in [7, 11) is 1.69. The molecule has 0 spiro atoms. The minimum absolute atomic E-state index is 0.683. The lowest BCUT2D eigenvalue weighted by atomic mass is 10.3. The van der Waals surface area contributed by atoms with E-state index in [9.17, 15) is 0 Å². The predicted octanol–water partition coefficient (Wildman–Crippen LogP) is 1.90. The van der Waals surface area contributed by atoms with Gasteiger partial charge in [-0.1, -0.05) is 0 Å². The second-order valence-electron chi connectivity index (χ2n) is 3.13. The Morgan fingerprint density at radius 3 is 2.80 bits per heavy atom. The summed E-state index contributed by atoms with van der Waals surface area (Å²) < 4.78 is 5.98. The number of anilines is 2. The van der Waals surface area contributed by atoms with Crippen molar-refractivity contribution in [1.82, 2.24) is 4.98 Å². The van der Waals surface area contributed by atoms with Gasteiger partial charge in [-0.2, -0.15) is 0 Å². The third kappa shape index (κ3) is 3.07. The minimum atomic E-state index is 0.683. The lowest BCUT2D eigenvalue weighted by molar-refractivity contribution is 0.205. The molecule has 1 aromatic heterocycles. The Balaban J connectivity index is 2.90. The molecule has 0 unspecified atom stereocenters. The van der Waals surface area contributed by atoms with Crippen LogP contribution < -0.4 is 10.6 Å². The molecule has 1 heterocycles. The van der Waals surface area contributed by atoms with Gasteiger partial charge >= 0.3 is 0 Å². The van der Waals surface area contributed by atoms with Crippen LogP contribution in [0.5, 0.6) is 0 Å². The van der Waals surface area contributed by atoms with Crippen LogP contribution in [0.15, 0.2) is 16.9 Å². The highest BCUT2D eigenvalue weighted by Gasteiger charge is 2.11. The molecule has 0 amide bonds. The molecule has 2 N–H and O–H groups in total. The number of nitrogens with two attached hydrogens (primary N) is 1. The molecule has 0 aliphatic rings. The van der Waals surface area contributed by atoms with Gasteiger partial charge in [0.25, 0.3) is 0 Å². The first kappa shape index (κ1) is 12.3. The van der Waals surface area contributed by atoms with Gasteiger partial charge in [-0.3, -0.25) is 4.98 Å². The number of likely N-dealkylation sites (N-methyl/N-ethyl adjacent to an activating group) is 1. The molecule has 15 heavy (non-hydrogen) atoms. The van der Waals surface area contributed by atoms with Crippen molar-refractivity contribution >= 4 is 27.3 Å². The van der Waals surface area contributed by atoms with Crippen LogP contribution in [-0.4, -0.2) is 31.8 Å². The van der Waals surface area contributed by atoms with E-state index >= 15 is 0 Å². The molecular formula is C10H16BrN3O. The first-order valence-corrected chi connectivity index (χ1v) is 5.62. The highest BCUT2D eigenvalue weighted by Crippen LogP contribution is 2.30. The molecule has 84 valence electrons. The first-order chi connectivity index (χ1) is 7.20. The fourth-order valence-electron chi connectivity index (χ4n) is 1.41. The molecule has 0 fully saturated rings. The number of aromatic nitrogens is 1. The largest absolute Gasteiger partial charge is 0.396 e. The lowest BCUT2D eigenvalue weighted by Crippen LogP contribution is -2.28. The zero-order chi connectivity index (χ0) is 11.3. The van der Waals surface area contributed by atoms with E-state index in [1.165, 1.54) is 0 Å². The number of pyridine rings is 1. The van der Waals surface area contributed by atoms with Gasteiger partial charge in [-0.25, -0.2) is 0 Å². The van der Waals surface area contributed by atoms with Gasteiger partial charge < -0.3 is 15.4 Å². The van der Waals surface area contributed by atoms with Crippen molar-refractivity contribution in [2.24, 2.45) is 0 Å². The van der Waals surface area contributed by atoms with Crippen molar-refractivity contribution in [3.8, 4) is 0 Å². The van der Waals surface area contributed by atoms with Crippen molar-refractivity contribution in [1.29, 1.82) is 0 Å². The van der Waals surface area contributed by atoms with E-state index < -0.39 is 0 Å². The molecular weight excluding hydrogens is 258 g/mol. The van der Waals surface area contributed by atoms with Gasteiger partial charge in [0.1, 0.15) is 0 Å². The zero-order valence-corrected chi connectivity index (χ0v) is 10.6. The third-order valence-corrected chi connectivity index (χ3v) is 2.74. The maximum Gasteiger partial charge on any atom is 0.0776 e. The van der Waals surface area contributed by atoms with E-state index in [1.807, 2.05) is 0 Å². The van der Waals surface area contributed by atoms with Crippen LogP contribution in [0.3, 0.4) is 0 Å². The Morgan fingerprint density at radius 1 is 1.53 bits per heavy atom. The predicted molar refractivity (Wildman–Crippen MR) is 66.1 cm³/mol. The highest BCUT2D eigenvalue weighted by atomic mass is 79.9. The standard InChI is InChI=1S/C10H16BrN3O/c1-3-14(4-5-15-2)10-8(11)6-13-7-9(10)12/h6-7H,3-5,12H2,1-2H3. The summed E-state index contributed by atoms with van der Waals surface area (Å²) >= 11 is 3.46. The summed E-state index contributed by atoms with van der Waals surface area (Å²) in [4.78, 5) is 6.17. The van der Waals surface area contributed by atoms with E-state index in [1.54, 1.807) is 19.5 Å². The summed E-state index contributed by atoms with van der Waals surface area (Å²) in [6.45, 7) is 4.47. The maximum atomic E-state index is 5.89. The topological polar surface area (TPSA) is 51.4 Å². The summed E-state index contributed by atoms with van der Waals surface area (Å²) in [6.07, 6.45) is 3.41. The molecule has 1 rings (SSSR count). The zero-order valence-electron chi connectivity index (χ0n) is 9.03. The number of methoxy groups -OCH3 is 1. The molecule has 0 aromatic carbocycles. The summed E-state index contributed by atoms with van der Waals surface area (Å²) in [6, 6.07) is 0. The molecule has 1 aromatic rings. The molecule has 0 radical (unpaired) electrons. The Labute approximate surface area is 98.6 Å². The van der Waals surface area contributed by atoms with Gasteiger partial charge in [0, 0.05) is 26.4 Å². The van der Waals surface area contributed by atoms with E-state index in [2.05, 4.69) is 32.7 Å². The lowest BCUT2D eigenvalue weighted by Gasteiger charge is -2.25. The molecule has 0 aliphatic heterocycles. The quantitative estimate of drug-likeness (QED) is 0.891. The average molecular weight is 274 g/mol. The van der Waals surface area contributed by atoms with Crippen molar-refractivity contribution in [2.45, 2.75) is 6.92 Å². The number of halogens is 1. The fraction of sp³-hybridized carbons (Fsp3) is 0.500. The van der Waals surface area contributed by atoms with Gasteiger partial charge in [0.2, 0.25) is 0 Å². The van der Waals surface area contributed by atoms with Crippen LogP contribution >= 0.6 is 15.9 Å². The van der Waals surface area contributed by atoms with E-state index in [4.69, 9.17) is 10.5 Å². The normalized spacial score (nSPS) is 10.3. The molecule has 0 atom stereocenters. The Kier molecular flexibility index (Phi) is 4.84. The number of hydrogen-bond acceptors (Lipinski definition) is 4.